The quantitative estimate of drug-likeness (QED) is 0.515. The SMILES string of the molecule is CCOC(C)Oc1ccc(C=O)cc1OC(C)OCC. The van der Waals surface area contributed by atoms with E-state index < -0.39 is 12.6 Å². The Morgan fingerprint density at radius 2 is 1.55 bits per heavy atom. The van der Waals surface area contributed by atoms with Crippen LogP contribution in [0.2, 0.25) is 0 Å². The first-order valence-corrected chi connectivity index (χ1v) is 6.76. The number of ether oxygens (including phenoxy) is 4. The molecule has 0 saturated heterocycles. The maximum absolute atomic E-state index is 10.9. The van der Waals surface area contributed by atoms with E-state index >= 15 is 0 Å². The highest BCUT2D eigenvalue weighted by molar-refractivity contribution is 5.76. The van der Waals surface area contributed by atoms with Crippen molar-refractivity contribution in [3.8, 4) is 11.5 Å². The molecule has 0 aliphatic heterocycles. The topological polar surface area (TPSA) is 54.0 Å². The van der Waals surface area contributed by atoms with E-state index in [2.05, 4.69) is 0 Å². The summed E-state index contributed by atoms with van der Waals surface area (Å²) in [5, 5.41) is 0. The minimum Gasteiger partial charge on any atom is -0.461 e. The van der Waals surface area contributed by atoms with Crippen molar-refractivity contribution in [2.75, 3.05) is 13.2 Å². The van der Waals surface area contributed by atoms with Gasteiger partial charge in [-0.05, 0) is 45.9 Å². The van der Waals surface area contributed by atoms with Gasteiger partial charge in [0.1, 0.15) is 6.29 Å². The van der Waals surface area contributed by atoms with Crippen LogP contribution in [0.15, 0.2) is 18.2 Å². The molecule has 20 heavy (non-hydrogen) atoms. The molecule has 5 nitrogen and oxygen atoms in total. The lowest BCUT2D eigenvalue weighted by Gasteiger charge is -2.20. The Morgan fingerprint density at radius 3 is 2.05 bits per heavy atom. The van der Waals surface area contributed by atoms with Crippen LogP contribution >= 0.6 is 0 Å². The second-order valence-corrected chi connectivity index (χ2v) is 4.11. The van der Waals surface area contributed by atoms with E-state index in [9.17, 15) is 4.79 Å². The third-order valence-corrected chi connectivity index (χ3v) is 2.49. The van der Waals surface area contributed by atoms with E-state index in [1.807, 2.05) is 13.8 Å². The Balaban J connectivity index is 2.88. The molecule has 0 aliphatic rings. The van der Waals surface area contributed by atoms with E-state index in [1.54, 1.807) is 32.0 Å². The zero-order valence-corrected chi connectivity index (χ0v) is 12.4. The summed E-state index contributed by atoms with van der Waals surface area (Å²) in [7, 11) is 0. The Morgan fingerprint density at radius 1 is 1.00 bits per heavy atom. The third kappa shape index (κ3) is 5.19. The number of carbonyl (C=O) groups is 1. The summed E-state index contributed by atoms with van der Waals surface area (Å²) >= 11 is 0. The smallest absolute Gasteiger partial charge is 0.197 e. The monoisotopic (exact) mass is 282 g/mol. The van der Waals surface area contributed by atoms with Gasteiger partial charge < -0.3 is 18.9 Å². The summed E-state index contributed by atoms with van der Waals surface area (Å²) in [5.41, 5.74) is 0.514. The first kappa shape index (κ1) is 16.5. The summed E-state index contributed by atoms with van der Waals surface area (Å²) in [6, 6.07) is 4.98. The summed E-state index contributed by atoms with van der Waals surface area (Å²) in [4.78, 5) is 10.9. The van der Waals surface area contributed by atoms with Crippen LogP contribution in [0.25, 0.3) is 0 Å². The van der Waals surface area contributed by atoms with Crippen molar-refractivity contribution in [3.63, 3.8) is 0 Å². The highest BCUT2D eigenvalue weighted by Gasteiger charge is 2.13. The largest absolute Gasteiger partial charge is 0.461 e. The molecular weight excluding hydrogens is 260 g/mol. The van der Waals surface area contributed by atoms with Gasteiger partial charge in [0.05, 0.1) is 0 Å². The number of hydrogen-bond acceptors (Lipinski definition) is 5. The minimum absolute atomic E-state index is 0.396. The van der Waals surface area contributed by atoms with Gasteiger partial charge in [0.25, 0.3) is 0 Å². The number of hydrogen-bond donors (Lipinski definition) is 0. The Kier molecular flexibility index (Phi) is 7.04. The van der Waals surface area contributed by atoms with Crippen molar-refractivity contribution in [1.29, 1.82) is 0 Å². The van der Waals surface area contributed by atoms with Gasteiger partial charge >= 0.3 is 0 Å². The minimum atomic E-state index is -0.424. The lowest BCUT2D eigenvalue weighted by atomic mass is 10.2. The molecular formula is C15H22O5. The van der Waals surface area contributed by atoms with E-state index in [-0.39, 0.29) is 0 Å². The molecule has 2 atom stereocenters. The summed E-state index contributed by atoms with van der Waals surface area (Å²) in [5.74, 6) is 0.977. The average Bonchev–Trinajstić information content (AvgIpc) is 2.41. The number of carbonyl (C=O) groups excluding carboxylic acids is 1. The summed E-state index contributed by atoms with van der Waals surface area (Å²) in [6.07, 6.45) is -0.0630. The molecule has 0 amide bonds. The lowest BCUT2D eigenvalue weighted by Crippen LogP contribution is -2.19. The molecule has 0 aliphatic carbocycles. The molecule has 1 aromatic rings. The van der Waals surface area contributed by atoms with Gasteiger partial charge in [0, 0.05) is 18.8 Å². The molecule has 0 saturated carbocycles. The van der Waals surface area contributed by atoms with Crippen molar-refractivity contribution in [2.24, 2.45) is 0 Å². The first-order valence-electron chi connectivity index (χ1n) is 6.76. The van der Waals surface area contributed by atoms with Crippen LogP contribution in [-0.4, -0.2) is 32.1 Å². The Hall–Kier alpha value is -1.59. The molecule has 1 rings (SSSR count). The average molecular weight is 282 g/mol. The predicted octanol–water partition coefficient (Wildman–Crippen LogP) is 3.02. The van der Waals surface area contributed by atoms with Gasteiger partial charge in [-0.2, -0.15) is 0 Å². The van der Waals surface area contributed by atoms with Gasteiger partial charge in [-0.15, -0.1) is 0 Å². The maximum Gasteiger partial charge on any atom is 0.197 e. The lowest BCUT2D eigenvalue weighted by molar-refractivity contribution is -0.0766. The molecule has 0 heterocycles. The molecule has 5 heteroatoms. The predicted molar refractivity (Wildman–Crippen MR) is 75.3 cm³/mol. The molecule has 1 aromatic carbocycles. The van der Waals surface area contributed by atoms with Crippen molar-refractivity contribution in [1.82, 2.24) is 0 Å². The van der Waals surface area contributed by atoms with Gasteiger partial charge in [-0.3, -0.25) is 4.79 Å². The fourth-order valence-corrected chi connectivity index (χ4v) is 1.68. The third-order valence-electron chi connectivity index (χ3n) is 2.49. The maximum atomic E-state index is 10.9. The van der Waals surface area contributed by atoms with Crippen LogP contribution in [0.5, 0.6) is 11.5 Å². The summed E-state index contributed by atoms with van der Waals surface area (Å²) in [6.45, 7) is 8.46. The van der Waals surface area contributed by atoms with Crippen LogP contribution in [-0.2, 0) is 9.47 Å². The van der Waals surface area contributed by atoms with Crippen molar-refractivity contribution in [3.05, 3.63) is 23.8 Å². The molecule has 0 bridgehead atoms. The summed E-state index contributed by atoms with van der Waals surface area (Å²) < 4.78 is 22.0. The highest BCUT2D eigenvalue weighted by atomic mass is 16.7. The molecule has 0 radical (unpaired) electrons. The van der Waals surface area contributed by atoms with Gasteiger partial charge in [-0.1, -0.05) is 0 Å². The van der Waals surface area contributed by atoms with Crippen molar-refractivity contribution >= 4 is 6.29 Å². The van der Waals surface area contributed by atoms with E-state index in [1.165, 1.54) is 0 Å². The number of rotatable bonds is 9. The van der Waals surface area contributed by atoms with Crippen LogP contribution in [0, 0.1) is 0 Å². The Bertz CT molecular complexity index is 419. The van der Waals surface area contributed by atoms with Gasteiger partial charge in [0.15, 0.2) is 24.1 Å². The molecule has 0 N–H and O–H groups in total. The fraction of sp³-hybridized carbons (Fsp3) is 0.533. The van der Waals surface area contributed by atoms with Crippen LogP contribution in [0.3, 0.4) is 0 Å². The standard InChI is InChI=1S/C15H22O5/c1-5-17-11(3)19-14-8-7-13(10-16)9-15(14)20-12(4)18-6-2/h7-12H,5-6H2,1-4H3. The van der Waals surface area contributed by atoms with Crippen LogP contribution in [0.4, 0.5) is 0 Å². The van der Waals surface area contributed by atoms with E-state index in [0.717, 1.165) is 6.29 Å². The number of aldehydes is 1. The Labute approximate surface area is 119 Å². The normalized spacial score (nSPS) is 13.6. The van der Waals surface area contributed by atoms with Crippen LogP contribution in [0.1, 0.15) is 38.1 Å². The van der Waals surface area contributed by atoms with Crippen molar-refractivity contribution in [2.45, 2.75) is 40.3 Å². The zero-order chi connectivity index (χ0) is 15.0. The van der Waals surface area contributed by atoms with Gasteiger partial charge in [-0.25, -0.2) is 0 Å². The second-order valence-electron chi connectivity index (χ2n) is 4.11. The van der Waals surface area contributed by atoms with E-state index in [4.69, 9.17) is 18.9 Å². The molecule has 2 unspecified atom stereocenters. The van der Waals surface area contributed by atoms with Crippen molar-refractivity contribution < 1.29 is 23.7 Å². The van der Waals surface area contributed by atoms with Gasteiger partial charge in [0.2, 0.25) is 0 Å². The highest BCUT2D eigenvalue weighted by Crippen LogP contribution is 2.30. The van der Waals surface area contributed by atoms with Crippen LogP contribution < -0.4 is 9.47 Å². The van der Waals surface area contributed by atoms with E-state index in [0.29, 0.717) is 30.3 Å². The fourth-order valence-electron chi connectivity index (χ4n) is 1.68. The second kappa shape index (κ2) is 8.55. The molecule has 0 spiro atoms. The molecule has 0 fully saturated rings. The molecule has 112 valence electrons. The zero-order valence-electron chi connectivity index (χ0n) is 12.4. The number of benzene rings is 1. The molecule has 0 aromatic heterocycles. The first-order chi connectivity index (χ1) is 9.60.